The quantitative estimate of drug-likeness (QED) is 0.533. The minimum Gasteiger partial charge on any atom is -0.481 e. The van der Waals surface area contributed by atoms with Crippen LogP contribution in [0.1, 0.15) is 32.6 Å². The predicted molar refractivity (Wildman–Crippen MR) is 75.1 cm³/mol. The predicted octanol–water partition coefficient (Wildman–Crippen LogP) is 1.93. The molecule has 2 amide bonds. The number of carbonyl (C=O) groups is 2. The average molecular weight is 276 g/mol. The van der Waals surface area contributed by atoms with Crippen molar-refractivity contribution in [2.24, 2.45) is 5.92 Å². The smallest absolute Gasteiger partial charge is 0.314 e. The number of aliphatic carboxylic acids is 1. The highest BCUT2D eigenvalue weighted by Crippen LogP contribution is 2.08. The number of rotatable bonds is 10. The lowest BCUT2D eigenvalue weighted by Crippen LogP contribution is -2.37. The summed E-state index contributed by atoms with van der Waals surface area (Å²) in [7, 11) is 0. The van der Waals surface area contributed by atoms with E-state index in [1.54, 1.807) is 11.8 Å². The summed E-state index contributed by atoms with van der Waals surface area (Å²) >= 11 is 1.76. The Morgan fingerprint density at radius 3 is 2.50 bits per heavy atom. The Balaban J connectivity index is 3.41. The average Bonchev–Trinajstić information content (AvgIpc) is 2.32. The highest BCUT2D eigenvalue weighted by molar-refractivity contribution is 7.98. The summed E-state index contributed by atoms with van der Waals surface area (Å²) in [6, 6.07) is -0.137. The standard InChI is InChI=1S/C12H24N2O3S/c1-10(4-5-11(15)16)6-8-14-12(17)13-7-3-9-18-2/h10H,3-9H2,1-2H3,(H,15,16)(H2,13,14,17). The van der Waals surface area contributed by atoms with E-state index in [1.165, 1.54) is 0 Å². The largest absolute Gasteiger partial charge is 0.481 e. The highest BCUT2D eigenvalue weighted by atomic mass is 32.2. The highest BCUT2D eigenvalue weighted by Gasteiger charge is 2.06. The van der Waals surface area contributed by atoms with Crippen LogP contribution in [-0.4, -0.2) is 42.2 Å². The number of carboxylic acids is 1. The summed E-state index contributed by atoms with van der Waals surface area (Å²) in [5.41, 5.74) is 0. The Morgan fingerprint density at radius 2 is 1.89 bits per heavy atom. The van der Waals surface area contributed by atoms with Gasteiger partial charge in [0.05, 0.1) is 0 Å². The van der Waals surface area contributed by atoms with Gasteiger partial charge in [0.15, 0.2) is 0 Å². The first-order chi connectivity index (χ1) is 8.56. The molecular weight excluding hydrogens is 252 g/mol. The van der Waals surface area contributed by atoms with E-state index in [0.717, 1.165) is 18.6 Å². The molecule has 5 nitrogen and oxygen atoms in total. The molecular formula is C12H24N2O3S. The van der Waals surface area contributed by atoms with Crippen molar-refractivity contribution >= 4 is 23.8 Å². The van der Waals surface area contributed by atoms with Crippen LogP contribution in [0, 0.1) is 5.92 Å². The molecule has 0 aromatic rings. The SMILES string of the molecule is CSCCCNC(=O)NCCC(C)CCC(=O)O. The van der Waals surface area contributed by atoms with Crippen LogP contribution in [0.2, 0.25) is 0 Å². The van der Waals surface area contributed by atoms with E-state index in [9.17, 15) is 9.59 Å². The van der Waals surface area contributed by atoms with Crippen LogP contribution in [-0.2, 0) is 4.79 Å². The third kappa shape index (κ3) is 11.6. The first-order valence-corrected chi connectivity index (χ1v) is 7.68. The second kappa shape index (κ2) is 11.2. The lowest BCUT2D eigenvalue weighted by Gasteiger charge is -2.11. The van der Waals surface area contributed by atoms with Crippen molar-refractivity contribution in [1.29, 1.82) is 0 Å². The topological polar surface area (TPSA) is 78.4 Å². The molecule has 0 fully saturated rings. The molecule has 0 heterocycles. The summed E-state index contributed by atoms with van der Waals surface area (Å²) in [6.45, 7) is 3.29. The molecule has 0 aromatic carbocycles. The fraction of sp³-hybridized carbons (Fsp3) is 0.833. The Hall–Kier alpha value is -0.910. The van der Waals surface area contributed by atoms with Crippen molar-refractivity contribution in [3.05, 3.63) is 0 Å². The van der Waals surface area contributed by atoms with Gasteiger partial charge in [-0.3, -0.25) is 4.79 Å². The summed E-state index contributed by atoms with van der Waals surface area (Å²) in [6.07, 6.45) is 4.68. The summed E-state index contributed by atoms with van der Waals surface area (Å²) in [5, 5.41) is 14.1. The maximum Gasteiger partial charge on any atom is 0.314 e. The minimum atomic E-state index is -0.763. The molecule has 0 bridgehead atoms. The molecule has 1 atom stereocenters. The van der Waals surface area contributed by atoms with Gasteiger partial charge in [-0.1, -0.05) is 6.92 Å². The molecule has 18 heavy (non-hydrogen) atoms. The molecule has 3 N–H and O–H groups in total. The van der Waals surface area contributed by atoms with Crippen molar-refractivity contribution in [3.8, 4) is 0 Å². The Kier molecular flexibility index (Phi) is 10.6. The van der Waals surface area contributed by atoms with Crippen molar-refractivity contribution in [2.45, 2.75) is 32.6 Å². The number of thioether (sulfide) groups is 1. The van der Waals surface area contributed by atoms with Gasteiger partial charge in [-0.15, -0.1) is 0 Å². The zero-order chi connectivity index (χ0) is 13.8. The van der Waals surface area contributed by atoms with Gasteiger partial charge in [0.2, 0.25) is 0 Å². The summed E-state index contributed by atoms with van der Waals surface area (Å²) in [4.78, 5) is 21.7. The third-order valence-corrected chi connectivity index (χ3v) is 3.28. The van der Waals surface area contributed by atoms with E-state index in [2.05, 4.69) is 10.6 Å². The number of amides is 2. The molecule has 0 aliphatic heterocycles. The van der Waals surface area contributed by atoms with Crippen LogP contribution in [0.3, 0.4) is 0 Å². The molecule has 6 heteroatoms. The van der Waals surface area contributed by atoms with Crippen molar-refractivity contribution < 1.29 is 14.7 Å². The zero-order valence-corrected chi connectivity index (χ0v) is 12.0. The number of carboxylic acid groups (broad SMARTS) is 1. The number of hydrogen-bond donors (Lipinski definition) is 3. The second-order valence-electron chi connectivity index (χ2n) is 4.36. The van der Waals surface area contributed by atoms with Crippen LogP contribution in [0.5, 0.6) is 0 Å². The van der Waals surface area contributed by atoms with Gasteiger partial charge in [0.1, 0.15) is 0 Å². The third-order valence-electron chi connectivity index (χ3n) is 2.58. The van der Waals surface area contributed by atoms with Gasteiger partial charge in [0, 0.05) is 19.5 Å². The molecule has 0 saturated heterocycles. The molecule has 0 radical (unpaired) electrons. The minimum absolute atomic E-state index is 0.137. The van der Waals surface area contributed by atoms with Crippen LogP contribution in [0.4, 0.5) is 4.79 Å². The van der Waals surface area contributed by atoms with Crippen LogP contribution in [0.25, 0.3) is 0 Å². The van der Waals surface area contributed by atoms with E-state index in [-0.39, 0.29) is 12.5 Å². The van der Waals surface area contributed by atoms with Gasteiger partial charge in [-0.2, -0.15) is 11.8 Å². The normalized spacial score (nSPS) is 11.9. The first kappa shape index (κ1) is 17.1. The maximum atomic E-state index is 11.3. The number of hydrogen-bond acceptors (Lipinski definition) is 3. The van der Waals surface area contributed by atoms with Crippen LogP contribution in [0.15, 0.2) is 0 Å². The lowest BCUT2D eigenvalue weighted by atomic mass is 10.0. The van der Waals surface area contributed by atoms with Gasteiger partial charge >= 0.3 is 12.0 Å². The van der Waals surface area contributed by atoms with E-state index in [1.807, 2.05) is 13.2 Å². The van der Waals surface area contributed by atoms with E-state index >= 15 is 0 Å². The van der Waals surface area contributed by atoms with E-state index < -0.39 is 5.97 Å². The van der Waals surface area contributed by atoms with Crippen LogP contribution >= 0.6 is 11.8 Å². The lowest BCUT2D eigenvalue weighted by molar-refractivity contribution is -0.137. The molecule has 0 aliphatic rings. The monoisotopic (exact) mass is 276 g/mol. The van der Waals surface area contributed by atoms with Gasteiger partial charge in [-0.05, 0) is 37.2 Å². The Labute approximate surface area is 113 Å². The fourth-order valence-corrected chi connectivity index (χ4v) is 1.86. The fourth-order valence-electron chi connectivity index (χ4n) is 1.43. The maximum absolute atomic E-state index is 11.3. The summed E-state index contributed by atoms with van der Waals surface area (Å²) < 4.78 is 0. The number of nitrogens with one attached hydrogen (secondary N) is 2. The van der Waals surface area contributed by atoms with Crippen molar-refractivity contribution in [1.82, 2.24) is 10.6 Å². The Bertz CT molecular complexity index is 249. The van der Waals surface area contributed by atoms with Crippen molar-refractivity contribution in [3.63, 3.8) is 0 Å². The Morgan fingerprint density at radius 1 is 1.22 bits per heavy atom. The van der Waals surface area contributed by atoms with Gasteiger partial charge in [0.25, 0.3) is 0 Å². The van der Waals surface area contributed by atoms with Gasteiger partial charge in [-0.25, -0.2) is 4.79 Å². The second-order valence-corrected chi connectivity index (χ2v) is 5.34. The molecule has 0 aromatic heterocycles. The molecule has 0 rings (SSSR count). The summed E-state index contributed by atoms with van der Waals surface area (Å²) in [5.74, 6) is 0.603. The molecule has 0 spiro atoms. The van der Waals surface area contributed by atoms with Crippen LogP contribution < -0.4 is 10.6 Å². The first-order valence-electron chi connectivity index (χ1n) is 6.28. The van der Waals surface area contributed by atoms with Gasteiger partial charge < -0.3 is 15.7 Å². The van der Waals surface area contributed by atoms with E-state index in [0.29, 0.717) is 25.4 Å². The number of carbonyl (C=O) groups excluding carboxylic acids is 1. The molecule has 1 unspecified atom stereocenters. The van der Waals surface area contributed by atoms with Crippen molar-refractivity contribution in [2.75, 3.05) is 25.1 Å². The molecule has 106 valence electrons. The zero-order valence-electron chi connectivity index (χ0n) is 11.2. The molecule has 0 aliphatic carbocycles. The number of urea groups is 1. The van der Waals surface area contributed by atoms with E-state index in [4.69, 9.17) is 5.11 Å². The molecule has 0 saturated carbocycles.